The lowest BCUT2D eigenvalue weighted by molar-refractivity contribution is -0.145. The highest BCUT2D eigenvalue weighted by Crippen LogP contribution is 2.32. The van der Waals surface area contributed by atoms with E-state index in [9.17, 15) is 13.2 Å². The average Bonchev–Trinajstić information content (AvgIpc) is 2.55. The Labute approximate surface area is 169 Å². The number of para-hydroxylation sites is 1. The first kappa shape index (κ1) is 21.5. The number of hydrogen-bond donors (Lipinski definition) is 0. The van der Waals surface area contributed by atoms with E-state index in [0.717, 1.165) is 15.4 Å². The van der Waals surface area contributed by atoms with Gasteiger partial charge in [-0.05, 0) is 57.0 Å². The van der Waals surface area contributed by atoms with E-state index < -0.39 is 22.5 Å². The van der Waals surface area contributed by atoms with Crippen molar-refractivity contribution >= 4 is 44.9 Å². The molecule has 0 fully saturated rings. The third-order valence-corrected chi connectivity index (χ3v) is 6.29. The number of halogens is 2. The molecule has 0 unspecified atom stereocenters. The normalized spacial score (nSPS) is 11.5. The van der Waals surface area contributed by atoms with E-state index in [1.807, 2.05) is 6.07 Å². The van der Waals surface area contributed by atoms with Crippen LogP contribution in [0.2, 0.25) is 10.0 Å². The number of esters is 1. The second-order valence-corrected chi connectivity index (χ2v) is 9.04. The van der Waals surface area contributed by atoms with Crippen molar-refractivity contribution in [3.05, 3.63) is 57.6 Å². The summed E-state index contributed by atoms with van der Waals surface area (Å²) in [7, 11) is -4.08. The third-order valence-electron chi connectivity index (χ3n) is 3.81. The molecule has 2 aromatic rings. The van der Waals surface area contributed by atoms with Crippen LogP contribution >= 0.6 is 23.2 Å². The third kappa shape index (κ3) is 4.94. The number of benzene rings is 2. The summed E-state index contributed by atoms with van der Waals surface area (Å²) in [6, 6.07) is 9.43. The lowest BCUT2D eigenvalue weighted by Gasteiger charge is -2.27. The molecule has 0 aliphatic rings. The molecule has 0 bridgehead atoms. The fraction of sp³-hybridized carbons (Fsp3) is 0.316. The molecule has 8 heteroatoms. The maximum absolute atomic E-state index is 13.3. The SMILES string of the molecule is Cc1cccc(C)c1N(CC(=O)OC(C)C)S(=O)(=O)c1ccc(Cl)c(Cl)c1. The van der Waals surface area contributed by atoms with Gasteiger partial charge < -0.3 is 4.74 Å². The predicted molar refractivity (Wildman–Crippen MR) is 108 cm³/mol. The number of rotatable bonds is 6. The maximum atomic E-state index is 13.3. The first-order valence-corrected chi connectivity index (χ1v) is 10.5. The molecule has 27 heavy (non-hydrogen) atoms. The van der Waals surface area contributed by atoms with Gasteiger partial charge in [0.05, 0.1) is 26.7 Å². The first-order valence-electron chi connectivity index (χ1n) is 8.27. The molecule has 2 rings (SSSR count). The second-order valence-electron chi connectivity index (χ2n) is 6.37. The number of sulfonamides is 1. The van der Waals surface area contributed by atoms with Crippen molar-refractivity contribution in [3.8, 4) is 0 Å². The summed E-state index contributed by atoms with van der Waals surface area (Å²) in [5.41, 5.74) is 1.87. The van der Waals surface area contributed by atoms with Crippen LogP contribution in [0.4, 0.5) is 5.69 Å². The standard InChI is InChI=1S/C19H21Cl2NO4S/c1-12(2)26-18(23)11-22(19-13(3)6-5-7-14(19)4)27(24,25)15-8-9-16(20)17(21)10-15/h5-10,12H,11H2,1-4H3. The van der Waals surface area contributed by atoms with Crippen LogP contribution < -0.4 is 4.31 Å². The molecule has 0 aliphatic heterocycles. The minimum Gasteiger partial charge on any atom is -0.462 e. The van der Waals surface area contributed by atoms with Crippen molar-refractivity contribution in [1.29, 1.82) is 0 Å². The van der Waals surface area contributed by atoms with Crippen LogP contribution in [0.25, 0.3) is 0 Å². The Morgan fingerprint density at radius 2 is 1.67 bits per heavy atom. The Kier molecular flexibility index (Phi) is 6.78. The Morgan fingerprint density at radius 1 is 1.07 bits per heavy atom. The minimum absolute atomic E-state index is 0.0584. The molecule has 0 aliphatic carbocycles. The number of carbonyl (C=O) groups excluding carboxylic acids is 1. The summed E-state index contributed by atoms with van der Waals surface area (Å²) in [5.74, 6) is -0.642. The molecular formula is C19H21Cl2NO4S. The van der Waals surface area contributed by atoms with Gasteiger partial charge in [-0.1, -0.05) is 41.4 Å². The van der Waals surface area contributed by atoms with Crippen LogP contribution in [-0.2, 0) is 19.6 Å². The van der Waals surface area contributed by atoms with Gasteiger partial charge in [0.1, 0.15) is 6.54 Å². The fourth-order valence-electron chi connectivity index (χ4n) is 2.67. The Bertz CT molecular complexity index is 938. The van der Waals surface area contributed by atoms with Gasteiger partial charge in [-0.3, -0.25) is 9.10 Å². The lowest BCUT2D eigenvalue weighted by atomic mass is 10.1. The Hall–Kier alpha value is -1.76. The van der Waals surface area contributed by atoms with Crippen molar-refractivity contribution < 1.29 is 17.9 Å². The number of hydrogen-bond acceptors (Lipinski definition) is 4. The van der Waals surface area contributed by atoms with Crippen molar-refractivity contribution in [2.45, 2.75) is 38.7 Å². The molecule has 146 valence electrons. The van der Waals surface area contributed by atoms with E-state index >= 15 is 0 Å². The monoisotopic (exact) mass is 429 g/mol. The van der Waals surface area contributed by atoms with Crippen LogP contribution in [0.15, 0.2) is 41.3 Å². The predicted octanol–water partition coefficient (Wildman–Crippen LogP) is 4.76. The van der Waals surface area contributed by atoms with E-state index in [4.69, 9.17) is 27.9 Å². The van der Waals surface area contributed by atoms with Gasteiger partial charge in [-0.25, -0.2) is 8.42 Å². The zero-order valence-corrected chi connectivity index (χ0v) is 17.8. The summed E-state index contributed by atoms with van der Waals surface area (Å²) in [4.78, 5) is 12.2. The highest BCUT2D eigenvalue weighted by atomic mass is 35.5. The quantitative estimate of drug-likeness (QED) is 0.620. The van der Waals surface area contributed by atoms with Gasteiger partial charge in [0.2, 0.25) is 0 Å². The first-order chi connectivity index (χ1) is 12.5. The number of carbonyl (C=O) groups is 1. The molecule has 0 radical (unpaired) electrons. The number of aryl methyl sites for hydroxylation is 2. The molecule has 0 spiro atoms. The molecule has 0 atom stereocenters. The van der Waals surface area contributed by atoms with E-state index in [1.54, 1.807) is 39.8 Å². The summed E-state index contributed by atoms with van der Waals surface area (Å²) >= 11 is 11.9. The van der Waals surface area contributed by atoms with Crippen LogP contribution in [-0.4, -0.2) is 27.0 Å². The number of nitrogens with zero attached hydrogens (tertiary/aromatic N) is 1. The molecule has 0 heterocycles. The van der Waals surface area contributed by atoms with Gasteiger partial charge in [0, 0.05) is 0 Å². The Balaban J connectivity index is 2.60. The van der Waals surface area contributed by atoms with Gasteiger partial charge >= 0.3 is 5.97 Å². The number of ether oxygens (including phenoxy) is 1. The largest absolute Gasteiger partial charge is 0.462 e. The Morgan fingerprint density at radius 3 is 2.19 bits per heavy atom. The summed E-state index contributed by atoms with van der Waals surface area (Å²) < 4.78 is 32.9. The van der Waals surface area contributed by atoms with Crippen LogP contribution in [0.3, 0.4) is 0 Å². The van der Waals surface area contributed by atoms with Crippen molar-refractivity contribution in [1.82, 2.24) is 0 Å². The van der Waals surface area contributed by atoms with Crippen molar-refractivity contribution in [2.24, 2.45) is 0 Å². The molecule has 2 aromatic carbocycles. The molecular weight excluding hydrogens is 409 g/mol. The molecule has 0 N–H and O–H groups in total. The van der Waals surface area contributed by atoms with E-state index in [1.165, 1.54) is 18.2 Å². The van der Waals surface area contributed by atoms with Gasteiger partial charge in [-0.2, -0.15) is 0 Å². The van der Waals surface area contributed by atoms with Gasteiger partial charge in [0.15, 0.2) is 0 Å². The summed E-state index contributed by atoms with van der Waals surface area (Å²) in [6.45, 7) is 6.52. The second kappa shape index (κ2) is 8.50. The smallest absolute Gasteiger partial charge is 0.327 e. The minimum atomic E-state index is -4.08. The molecule has 5 nitrogen and oxygen atoms in total. The highest BCUT2D eigenvalue weighted by Gasteiger charge is 2.30. The van der Waals surface area contributed by atoms with Crippen LogP contribution in [0.5, 0.6) is 0 Å². The topological polar surface area (TPSA) is 63.7 Å². The van der Waals surface area contributed by atoms with E-state index in [0.29, 0.717) is 5.69 Å². The van der Waals surface area contributed by atoms with Crippen molar-refractivity contribution in [3.63, 3.8) is 0 Å². The molecule has 0 saturated carbocycles. The zero-order valence-electron chi connectivity index (χ0n) is 15.5. The highest BCUT2D eigenvalue weighted by molar-refractivity contribution is 7.92. The lowest BCUT2D eigenvalue weighted by Crippen LogP contribution is -2.38. The van der Waals surface area contributed by atoms with Crippen molar-refractivity contribution in [2.75, 3.05) is 10.8 Å². The zero-order chi connectivity index (χ0) is 20.4. The van der Waals surface area contributed by atoms with E-state index in [-0.39, 0.29) is 21.0 Å². The molecule has 0 amide bonds. The summed E-state index contributed by atoms with van der Waals surface area (Å²) in [5, 5.41) is 0.359. The average molecular weight is 430 g/mol. The van der Waals surface area contributed by atoms with Gasteiger partial charge in [-0.15, -0.1) is 0 Å². The maximum Gasteiger partial charge on any atom is 0.327 e. The number of anilines is 1. The summed E-state index contributed by atoms with van der Waals surface area (Å²) in [6.07, 6.45) is -0.356. The molecule has 0 aromatic heterocycles. The van der Waals surface area contributed by atoms with E-state index in [2.05, 4.69) is 0 Å². The van der Waals surface area contributed by atoms with Gasteiger partial charge in [0.25, 0.3) is 10.0 Å². The fourth-order valence-corrected chi connectivity index (χ4v) is 4.59. The van der Waals surface area contributed by atoms with Crippen LogP contribution in [0, 0.1) is 13.8 Å². The molecule has 0 saturated heterocycles. The van der Waals surface area contributed by atoms with Crippen LogP contribution in [0.1, 0.15) is 25.0 Å².